The minimum absolute atomic E-state index is 0.0825. The monoisotopic (exact) mass is 278 g/mol. The average Bonchev–Trinajstić information content (AvgIpc) is 2.86. The molecule has 3 N–H and O–H groups in total. The van der Waals surface area contributed by atoms with Crippen molar-refractivity contribution < 1.29 is 9.47 Å². The van der Waals surface area contributed by atoms with Crippen LogP contribution in [0.15, 0.2) is 29.6 Å². The number of hydrogen-bond acceptors (Lipinski definition) is 5. The second kappa shape index (κ2) is 6.06. The summed E-state index contributed by atoms with van der Waals surface area (Å²) >= 11 is 1.68. The molecule has 0 aliphatic carbocycles. The molecule has 5 heteroatoms. The lowest BCUT2D eigenvalue weighted by Gasteiger charge is -2.19. The predicted octanol–water partition coefficient (Wildman–Crippen LogP) is 2.63. The lowest BCUT2D eigenvalue weighted by atomic mass is 10.0. The van der Waals surface area contributed by atoms with Gasteiger partial charge in [-0.3, -0.25) is 5.84 Å². The number of ether oxygens (including phenoxy) is 2. The van der Waals surface area contributed by atoms with Crippen molar-refractivity contribution in [2.24, 2.45) is 5.84 Å². The van der Waals surface area contributed by atoms with Crippen molar-refractivity contribution in [3.8, 4) is 11.5 Å². The maximum atomic E-state index is 5.73. The highest BCUT2D eigenvalue weighted by Crippen LogP contribution is 2.35. The second-order valence-electron chi connectivity index (χ2n) is 4.18. The molecule has 0 fully saturated rings. The van der Waals surface area contributed by atoms with Gasteiger partial charge in [-0.15, -0.1) is 11.3 Å². The van der Waals surface area contributed by atoms with Gasteiger partial charge in [0.2, 0.25) is 0 Å². The molecule has 1 aromatic carbocycles. The Morgan fingerprint density at radius 1 is 1.21 bits per heavy atom. The third-order valence-electron chi connectivity index (χ3n) is 3.08. The Morgan fingerprint density at radius 2 is 2.00 bits per heavy atom. The number of rotatable bonds is 5. The maximum Gasteiger partial charge on any atom is 0.127 e. The lowest BCUT2D eigenvalue weighted by molar-refractivity contribution is 0.388. The summed E-state index contributed by atoms with van der Waals surface area (Å²) in [6, 6.07) is 7.75. The van der Waals surface area contributed by atoms with Crippen LogP contribution in [-0.4, -0.2) is 14.2 Å². The summed E-state index contributed by atoms with van der Waals surface area (Å²) in [5, 5.41) is 2.06. The first-order chi connectivity index (χ1) is 9.21. The standard InChI is InChI=1S/C14H18N2O2S/c1-9-6-7-19-14(9)13(16-15)11-5-4-10(17-2)8-12(11)18-3/h4-8,13,16H,15H2,1-3H3. The van der Waals surface area contributed by atoms with Crippen LogP contribution in [0.5, 0.6) is 11.5 Å². The van der Waals surface area contributed by atoms with Crippen LogP contribution >= 0.6 is 11.3 Å². The molecule has 0 radical (unpaired) electrons. The van der Waals surface area contributed by atoms with E-state index in [0.717, 1.165) is 17.1 Å². The zero-order valence-electron chi connectivity index (χ0n) is 11.3. The van der Waals surface area contributed by atoms with Crippen molar-refractivity contribution in [2.45, 2.75) is 13.0 Å². The molecular formula is C14H18N2O2S. The molecule has 4 nitrogen and oxygen atoms in total. The largest absolute Gasteiger partial charge is 0.497 e. The van der Waals surface area contributed by atoms with Crippen molar-refractivity contribution in [2.75, 3.05) is 14.2 Å². The number of thiophene rings is 1. The van der Waals surface area contributed by atoms with E-state index in [1.54, 1.807) is 25.6 Å². The topological polar surface area (TPSA) is 56.5 Å². The summed E-state index contributed by atoms with van der Waals surface area (Å²) in [6.07, 6.45) is 0. The summed E-state index contributed by atoms with van der Waals surface area (Å²) in [5.41, 5.74) is 5.07. The number of nitrogens with one attached hydrogen (secondary N) is 1. The quantitative estimate of drug-likeness (QED) is 0.652. The van der Waals surface area contributed by atoms with Crippen LogP contribution in [-0.2, 0) is 0 Å². The molecule has 1 atom stereocenters. The van der Waals surface area contributed by atoms with Crippen LogP contribution in [0, 0.1) is 6.92 Å². The summed E-state index contributed by atoms with van der Waals surface area (Å²) in [7, 11) is 3.28. The normalized spacial score (nSPS) is 12.2. The van der Waals surface area contributed by atoms with Crippen LogP contribution in [0.3, 0.4) is 0 Å². The number of methoxy groups -OCH3 is 2. The SMILES string of the molecule is COc1ccc(C(NN)c2sccc2C)c(OC)c1. The molecule has 0 aliphatic rings. The minimum Gasteiger partial charge on any atom is -0.497 e. The van der Waals surface area contributed by atoms with E-state index in [0.29, 0.717) is 0 Å². The van der Waals surface area contributed by atoms with E-state index in [1.807, 2.05) is 18.2 Å². The molecule has 0 spiro atoms. The Labute approximate surface area is 117 Å². The van der Waals surface area contributed by atoms with Crippen molar-refractivity contribution in [3.05, 3.63) is 45.6 Å². The summed E-state index contributed by atoms with van der Waals surface area (Å²) in [6.45, 7) is 2.08. The van der Waals surface area contributed by atoms with Gasteiger partial charge in [-0.1, -0.05) is 0 Å². The maximum absolute atomic E-state index is 5.73. The van der Waals surface area contributed by atoms with Crippen molar-refractivity contribution in [3.63, 3.8) is 0 Å². The third kappa shape index (κ3) is 2.73. The fourth-order valence-corrected chi connectivity index (χ4v) is 3.05. The molecule has 0 aliphatic heterocycles. The van der Waals surface area contributed by atoms with Gasteiger partial charge in [0.25, 0.3) is 0 Å². The molecule has 102 valence electrons. The first kappa shape index (κ1) is 13.9. The van der Waals surface area contributed by atoms with Gasteiger partial charge < -0.3 is 9.47 Å². The molecule has 2 aromatic rings. The highest BCUT2D eigenvalue weighted by atomic mass is 32.1. The summed E-state index contributed by atoms with van der Waals surface area (Å²) in [5.74, 6) is 7.25. The third-order valence-corrected chi connectivity index (χ3v) is 4.17. The fourth-order valence-electron chi connectivity index (χ4n) is 2.04. The molecule has 1 aromatic heterocycles. The van der Waals surface area contributed by atoms with E-state index in [1.165, 1.54) is 10.4 Å². The molecule has 1 heterocycles. The Bertz CT molecular complexity index is 554. The van der Waals surface area contributed by atoms with Gasteiger partial charge in [-0.25, -0.2) is 5.43 Å². The van der Waals surface area contributed by atoms with Gasteiger partial charge in [0.05, 0.1) is 20.3 Å². The first-order valence-corrected chi connectivity index (χ1v) is 6.81. The highest BCUT2D eigenvalue weighted by molar-refractivity contribution is 7.10. The van der Waals surface area contributed by atoms with E-state index < -0.39 is 0 Å². The molecule has 19 heavy (non-hydrogen) atoms. The molecular weight excluding hydrogens is 260 g/mol. The van der Waals surface area contributed by atoms with Gasteiger partial charge in [0.1, 0.15) is 11.5 Å². The molecule has 0 saturated heterocycles. The van der Waals surface area contributed by atoms with Crippen LogP contribution in [0.1, 0.15) is 22.0 Å². The number of benzene rings is 1. The Kier molecular flexibility index (Phi) is 4.42. The molecule has 0 bridgehead atoms. The summed E-state index contributed by atoms with van der Waals surface area (Å²) in [4.78, 5) is 1.19. The number of hydrogen-bond donors (Lipinski definition) is 2. The fraction of sp³-hybridized carbons (Fsp3) is 0.286. The molecule has 2 rings (SSSR count). The average molecular weight is 278 g/mol. The van der Waals surface area contributed by atoms with Crippen LogP contribution in [0.2, 0.25) is 0 Å². The molecule has 0 amide bonds. The van der Waals surface area contributed by atoms with Gasteiger partial charge in [-0.2, -0.15) is 0 Å². The van der Waals surface area contributed by atoms with E-state index in [9.17, 15) is 0 Å². The van der Waals surface area contributed by atoms with Crippen LogP contribution in [0.25, 0.3) is 0 Å². The van der Waals surface area contributed by atoms with E-state index in [2.05, 4.69) is 23.8 Å². The van der Waals surface area contributed by atoms with Crippen LogP contribution in [0.4, 0.5) is 0 Å². The predicted molar refractivity (Wildman–Crippen MR) is 77.8 cm³/mol. The van der Waals surface area contributed by atoms with Crippen molar-refractivity contribution in [1.82, 2.24) is 5.43 Å². The molecule has 0 saturated carbocycles. The first-order valence-electron chi connectivity index (χ1n) is 5.93. The minimum atomic E-state index is -0.0825. The van der Waals surface area contributed by atoms with Crippen molar-refractivity contribution in [1.29, 1.82) is 0 Å². The Hall–Kier alpha value is -1.56. The van der Waals surface area contributed by atoms with E-state index in [4.69, 9.17) is 15.3 Å². The smallest absolute Gasteiger partial charge is 0.127 e. The van der Waals surface area contributed by atoms with Crippen molar-refractivity contribution >= 4 is 11.3 Å². The Balaban J connectivity index is 2.46. The number of nitrogens with two attached hydrogens (primary N) is 1. The number of hydrazine groups is 1. The van der Waals surface area contributed by atoms with Gasteiger partial charge in [0, 0.05) is 16.5 Å². The van der Waals surface area contributed by atoms with Gasteiger partial charge in [-0.05, 0) is 36.1 Å². The zero-order chi connectivity index (χ0) is 13.8. The Morgan fingerprint density at radius 3 is 2.53 bits per heavy atom. The van der Waals surface area contributed by atoms with Gasteiger partial charge in [0.15, 0.2) is 0 Å². The lowest BCUT2D eigenvalue weighted by Crippen LogP contribution is -2.29. The van der Waals surface area contributed by atoms with E-state index >= 15 is 0 Å². The summed E-state index contributed by atoms with van der Waals surface area (Å²) < 4.78 is 10.6. The molecule has 1 unspecified atom stereocenters. The van der Waals surface area contributed by atoms with Crippen LogP contribution < -0.4 is 20.7 Å². The highest BCUT2D eigenvalue weighted by Gasteiger charge is 2.20. The second-order valence-corrected chi connectivity index (χ2v) is 5.12. The number of aryl methyl sites for hydroxylation is 1. The van der Waals surface area contributed by atoms with Gasteiger partial charge >= 0.3 is 0 Å². The zero-order valence-corrected chi connectivity index (χ0v) is 12.1. The van der Waals surface area contributed by atoms with E-state index in [-0.39, 0.29) is 6.04 Å².